The van der Waals surface area contributed by atoms with E-state index in [4.69, 9.17) is 20.8 Å². The van der Waals surface area contributed by atoms with Gasteiger partial charge >= 0.3 is 0 Å². The van der Waals surface area contributed by atoms with Crippen LogP contribution in [0, 0.1) is 0 Å². The summed E-state index contributed by atoms with van der Waals surface area (Å²) in [6.07, 6.45) is 1.78. The van der Waals surface area contributed by atoms with E-state index in [-0.39, 0.29) is 18.4 Å². The summed E-state index contributed by atoms with van der Waals surface area (Å²) in [7, 11) is 0. The number of amides is 1. The van der Waals surface area contributed by atoms with Gasteiger partial charge in [0.1, 0.15) is 29.2 Å². The van der Waals surface area contributed by atoms with Crippen LogP contribution in [-0.4, -0.2) is 10.9 Å². The predicted octanol–water partition coefficient (Wildman–Crippen LogP) is 5.42. The number of hydrogen-bond acceptors (Lipinski definition) is 5. The second kappa shape index (κ2) is 9.61. The average Bonchev–Trinajstić information content (AvgIpc) is 3.45. The first kappa shape index (κ1) is 20.2. The second-order valence-electron chi connectivity index (χ2n) is 6.58. The fraction of sp³-hybridized carbons (Fsp3) is 0.130. The summed E-state index contributed by atoms with van der Waals surface area (Å²) < 4.78 is 11.2. The van der Waals surface area contributed by atoms with Crippen molar-refractivity contribution in [2.24, 2.45) is 0 Å². The van der Waals surface area contributed by atoms with Crippen molar-refractivity contribution in [1.29, 1.82) is 0 Å². The van der Waals surface area contributed by atoms with E-state index in [1.807, 2.05) is 60.0 Å². The van der Waals surface area contributed by atoms with Crippen LogP contribution in [0.15, 0.2) is 82.8 Å². The van der Waals surface area contributed by atoms with Crippen LogP contribution < -0.4 is 10.1 Å². The van der Waals surface area contributed by atoms with Crippen molar-refractivity contribution < 1.29 is 13.9 Å². The van der Waals surface area contributed by atoms with Crippen molar-refractivity contribution in [3.8, 4) is 5.75 Å². The number of benzene rings is 2. The number of hydrogen-bond donors (Lipinski definition) is 1. The zero-order chi connectivity index (χ0) is 20.8. The Bertz CT molecular complexity index is 1080. The lowest BCUT2D eigenvalue weighted by atomic mass is 10.0. The van der Waals surface area contributed by atoms with Crippen LogP contribution in [0.3, 0.4) is 0 Å². The topological polar surface area (TPSA) is 64.4 Å². The Labute approximate surface area is 183 Å². The zero-order valence-electron chi connectivity index (χ0n) is 16.0. The molecule has 0 aliphatic carbocycles. The van der Waals surface area contributed by atoms with Crippen LogP contribution in [0.2, 0.25) is 5.02 Å². The minimum absolute atomic E-state index is 0.129. The molecule has 0 spiro atoms. The second-order valence-corrected chi connectivity index (χ2v) is 7.96. The molecule has 0 bridgehead atoms. The van der Waals surface area contributed by atoms with Gasteiger partial charge in [-0.25, -0.2) is 4.98 Å². The molecule has 2 aromatic heterocycles. The number of halogens is 1. The summed E-state index contributed by atoms with van der Waals surface area (Å²) >= 11 is 7.34. The van der Waals surface area contributed by atoms with E-state index >= 15 is 0 Å². The molecule has 1 amide bonds. The van der Waals surface area contributed by atoms with Gasteiger partial charge in [0.25, 0.3) is 0 Å². The molecule has 1 N–H and O–H groups in total. The first-order valence-corrected chi connectivity index (χ1v) is 10.6. The third kappa shape index (κ3) is 5.28. The Hall–Kier alpha value is -3.09. The molecule has 4 rings (SSSR count). The molecule has 0 saturated carbocycles. The largest absolute Gasteiger partial charge is 0.486 e. The average molecular weight is 439 g/mol. The maximum atomic E-state index is 12.7. The molecule has 0 saturated heterocycles. The van der Waals surface area contributed by atoms with Crippen LogP contribution in [0.4, 0.5) is 0 Å². The minimum Gasteiger partial charge on any atom is -0.486 e. The molecule has 5 nitrogen and oxygen atoms in total. The van der Waals surface area contributed by atoms with E-state index < -0.39 is 0 Å². The van der Waals surface area contributed by atoms with E-state index in [0.29, 0.717) is 23.1 Å². The third-order valence-corrected chi connectivity index (χ3v) is 5.51. The maximum absolute atomic E-state index is 12.7. The molecular weight excluding hydrogens is 420 g/mol. The Balaban J connectivity index is 1.37. The lowest BCUT2D eigenvalue weighted by Gasteiger charge is -2.17. The summed E-state index contributed by atoms with van der Waals surface area (Å²) in [5, 5.41) is 6.39. The van der Waals surface area contributed by atoms with Gasteiger partial charge in [-0.15, -0.1) is 11.3 Å². The maximum Gasteiger partial charge on any atom is 0.226 e. The standard InChI is InChI=1S/C23H19ClN2O3S/c24-17-8-10-19(11-9-17)29-14-22-25-18(15-30-22)13-21(27)26-23(20-7-4-12-28-20)16-5-2-1-3-6-16/h1-12,15,23H,13-14H2,(H,26,27). The number of ether oxygens (including phenoxy) is 1. The Morgan fingerprint density at radius 1 is 1.10 bits per heavy atom. The highest BCUT2D eigenvalue weighted by atomic mass is 35.5. The summed E-state index contributed by atoms with van der Waals surface area (Å²) in [6.45, 7) is 0.340. The van der Waals surface area contributed by atoms with E-state index in [2.05, 4.69) is 10.3 Å². The first-order chi connectivity index (χ1) is 14.7. The van der Waals surface area contributed by atoms with E-state index in [1.54, 1.807) is 18.4 Å². The molecule has 2 heterocycles. The van der Waals surface area contributed by atoms with Crippen LogP contribution in [0.1, 0.15) is 28.1 Å². The lowest BCUT2D eigenvalue weighted by Crippen LogP contribution is -2.30. The van der Waals surface area contributed by atoms with Gasteiger partial charge in [-0.3, -0.25) is 4.79 Å². The lowest BCUT2D eigenvalue weighted by molar-refractivity contribution is -0.121. The van der Waals surface area contributed by atoms with Gasteiger partial charge in [0, 0.05) is 10.4 Å². The number of furan rings is 1. The summed E-state index contributed by atoms with van der Waals surface area (Å²) in [6, 6.07) is 20.2. The number of nitrogens with one attached hydrogen (secondary N) is 1. The first-order valence-electron chi connectivity index (χ1n) is 9.37. The quantitative estimate of drug-likeness (QED) is 0.399. The molecule has 0 radical (unpaired) electrons. The predicted molar refractivity (Wildman–Crippen MR) is 117 cm³/mol. The van der Waals surface area contributed by atoms with Crippen LogP contribution in [0.5, 0.6) is 5.75 Å². The summed E-state index contributed by atoms with van der Waals surface area (Å²) in [5.41, 5.74) is 1.66. The van der Waals surface area contributed by atoms with E-state index in [1.165, 1.54) is 11.3 Å². The van der Waals surface area contributed by atoms with Crippen LogP contribution >= 0.6 is 22.9 Å². The Morgan fingerprint density at radius 2 is 1.90 bits per heavy atom. The normalized spacial score (nSPS) is 11.8. The van der Waals surface area contributed by atoms with Gasteiger partial charge in [-0.1, -0.05) is 41.9 Å². The van der Waals surface area contributed by atoms with Gasteiger partial charge < -0.3 is 14.5 Å². The van der Waals surface area contributed by atoms with Gasteiger partial charge in [0.2, 0.25) is 5.91 Å². The number of aromatic nitrogens is 1. The molecule has 1 atom stereocenters. The van der Waals surface area contributed by atoms with E-state index in [0.717, 1.165) is 16.3 Å². The molecule has 0 aliphatic rings. The molecule has 30 heavy (non-hydrogen) atoms. The Kier molecular flexibility index (Phi) is 6.47. The summed E-state index contributed by atoms with van der Waals surface area (Å²) in [5.74, 6) is 1.28. The highest BCUT2D eigenvalue weighted by Gasteiger charge is 2.20. The monoisotopic (exact) mass is 438 g/mol. The highest BCUT2D eigenvalue weighted by Crippen LogP contribution is 2.23. The van der Waals surface area contributed by atoms with Crippen molar-refractivity contribution in [1.82, 2.24) is 10.3 Å². The minimum atomic E-state index is -0.347. The van der Waals surface area contributed by atoms with Crippen molar-refractivity contribution in [3.63, 3.8) is 0 Å². The van der Waals surface area contributed by atoms with Crippen molar-refractivity contribution >= 4 is 28.8 Å². The van der Waals surface area contributed by atoms with Crippen LogP contribution in [0.25, 0.3) is 0 Å². The van der Waals surface area contributed by atoms with Crippen molar-refractivity contribution in [2.75, 3.05) is 0 Å². The number of carbonyl (C=O) groups is 1. The summed E-state index contributed by atoms with van der Waals surface area (Å²) in [4.78, 5) is 17.2. The molecule has 1 unspecified atom stereocenters. The molecule has 7 heteroatoms. The van der Waals surface area contributed by atoms with Gasteiger partial charge in [0.15, 0.2) is 0 Å². The molecular formula is C23H19ClN2O3S. The number of carbonyl (C=O) groups excluding carboxylic acids is 1. The van der Waals surface area contributed by atoms with Crippen molar-refractivity contribution in [3.05, 3.63) is 105 Å². The molecule has 2 aromatic carbocycles. The SMILES string of the molecule is O=C(Cc1csc(COc2ccc(Cl)cc2)n1)NC(c1ccccc1)c1ccco1. The Morgan fingerprint density at radius 3 is 2.63 bits per heavy atom. The van der Waals surface area contributed by atoms with Gasteiger partial charge in [0.05, 0.1) is 18.4 Å². The van der Waals surface area contributed by atoms with Gasteiger partial charge in [-0.2, -0.15) is 0 Å². The number of nitrogens with zero attached hydrogens (tertiary/aromatic N) is 1. The van der Waals surface area contributed by atoms with Gasteiger partial charge in [-0.05, 0) is 42.0 Å². The fourth-order valence-corrected chi connectivity index (χ4v) is 3.80. The zero-order valence-corrected chi connectivity index (χ0v) is 17.5. The molecule has 4 aromatic rings. The van der Waals surface area contributed by atoms with E-state index in [9.17, 15) is 4.79 Å². The molecule has 0 fully saturated rings. The smallest absolute Gasteiger partial charge is 0.226 e. The van der Waals surface area contributed by atoms with Crippen molar-refractivity contribution in [2.45, 2.75) is 19.1 Å². The third-order valence-electron chi connectivity index (χ3n) is 4.38. The number of rotatable bonds is 8. The molecule has 152 valence electrons. The van der Waals surface area contributed by atoms with Crippen LogP contribution in [-0.2, 0) is 17.8 Å². The fourth-order valence-electron chi connectivity index (χ4n) is 2.97. The highest BCUT2D eigenvalue weighted by molar-refractivity contribution is 7.09. The number of thiazole rings is 1. The molecule has 0 aliphatic heterocycles.